The summed E-state index contributed by atoms with van der Waals surface area (Å²) in [7, 11) is 6.14. The first kappa shape index (κ1) is 44.7. The summed E-state index contributed by atoms with van der Waals surface area (Å²) in [6, 6.07) is 3.20. The molecule has 0 aromatic heterocycles. The van der Waals surface area contributed by atoms with Crippen molar-refractivity contribution < 1.29 is 42.4 Å². The van der Waals surface area contributed by atoms with Crippen LogP contribution in [0.2, 0.25) is 18.1 Å². The number of methoxy groups -OCH3 is 4. The van der Waals surface area contributed by atoms with Gasteiger partial charge in [-0.3, -0.25) is 9.59 Å². The molecule has 1 saturated carbocycles. The van der Waals surface area contributed by atoms with Gasteiger partial charge < -0.3 is 37.7 Å². The number of likely N-dealkylation sites (tertiary alicyclic amines) is 1. The zero-order valence-electron chi connectivity index (χ0n) is 33.6. The number of allylic oxidation sites excluding steroid dienone is 2. The molecule has 11 heteroatoms. The SMILES string of the molecule is CC[C@@H](C)C[C@H](C)/C=C(\C)[C@@H](O[Si](CC)(CC)CC)/C(C)=C\CCC1C(=O)C(C2[C@@H](OCOC)[C@@H](OC)[C@@H](OC)[C@H]2OCOC)CN(C)C1=O. The van der Waals surface area contributed by atoms with E-state index in [2.05, 4.69) is 67.5 Å². The smallest absolute Gasteiger partial charge is 0.232 e. The Morgan fingerprint density at radius 3 is 1.86 bits per heavy atom. The molecular formula is C39H71NO9Si. The van der Waals surface area contributed by atoms with E-state index in [4.69, 9.17) is 32.8 Å². The molecule has 1 saturated heterocycles. The van der Waals surface area contributed by atoms with E-state index in [-0.39, 0.29) is 37.9 Å². The fraction of sp³-hybridized carbons (Fsp3) is 0.846. The van der Waals surface area contributed by atoms with Gasteiger partial charge in [0.15, 0.2) is 14.1 Å². The molecule has 0 aromatic carbocycles. The Hall–Kier alpha value is -1.44. The molecule has 0 bridgehead atoms. The fourth-order valence-corrected chi connectivity index (χ4v) is 11.1. The first-order valence-corrected chi connectivity index (χ1v) is 21.4. The molecule has 1 heterocycles. The number of ether oxygens (including phenoxy) is 6. The Kier molecular flexibility index (Phi) is 19.6. The van der Waals surface area contributed by atoms with Crippen LogP contribution in [0.3, 0.4) is 0 Å². The van der Waals surface area contributed by atoms with Crippen molar-refractivity contribution >= 4 is 20.0 Å². The third-order valence-electron chi connectivity index (χ3n) is 11.4. The van der Waals surface area contributed by atoms with E-state index >= 15 is 0 Å². The van der Waals surface area contributed by atoms with Crippen molar-refractivity contribution in [3.8, 4) is 0 Å². The molecule has 2 aliphatic rings. The summed E-state index contributed by atoms with van der Waals surface area (Å²) in [5.74, 6) is -0.897. The molecule has 50 heavy (non-hydrogen) atoms. The highest BCUT2D eigenvalue weighted by molar-refractivity contribution is 6.73. The average Bonchev–Trinajstić information content (AvgIpc) is 3.41. The largest absolute Gasteiger partial charge is 0.407 e. The molecule has 0 spiro atoms. The molecule has 290 valence electrons. The average molecular weight is 726 g/mol. The van der Waals surface area contributed by atoms with Gasteiger partial charge >= 0.3 is 0 Å². The van der Waals surface area contributed by atoms with Crippen molar-refractivity contribution in [2.24, 2.45) is 29.6 Å². The van der Waals surface area contributed by atoms with Gasteiger partial charge in [0.05, 0.1) is 24.2 Å². The molecular weight excluding hydrogens is 655 g/mol. The van der Waals surface area contributed by atoms with Crippen molar-refractivity contribution in [1.29, 1.82) is 0 Å². The van der Waals surface area contributed by atoms with E-state index in [9.17, 15) is 9.59 Å². The maximum Gasteiger partial charge on any atom is 0.232 e. The number of amides is 1. The van der Waals surface area contributed by atoms with Crippen LogP contribution in [-0.4, -0.2) is 111 Å². The predicted molar refractivity (Wildman–Crippen MR) is 200 cm³/mol. The van der Waals surface area contributed by atoms with Gasteiger partial charge in [-0.25, -0.2) is 0 Å². The molecule has 10 nitrogen and oxygen atoms in total. The summed E-state index contributed by atoms with van der Waals surface area (Å²) >= 11 is 0. The second kappa shape index (κ2) is 21.9. The van der Waals surface area contributed by atoms with Gasteiger partial charge in [0.2, 0.25) is 5.91 Å². The van der Waals surface area contributed by atoms with E-state index < -0.39 is 50.5 Å². The highest BCUT2D eigenvalue weighted by Gasteiger charge is 2.59. The van der Waals surface area contributed by atoms with Gasteiger partial charge in [-0.05, 0) is 74.2 Å². The fourth-order valence-electron chi connectivity index (χ4n) is 8.18. The standard InChI is InChI=1S/C39H71NO9Si/c1-14-26(5)21-27(6)22-29(8)34(49-50(15-2,16-3)17-4)28(7)19-18-20-30-33(41)31(23-40(9)39(30)42)32-35(47-24-43-10)37(45-12)38(46-13)36(32)48-25-44-11/h19,22,26-27,30-32,34-38H,14-18,20-21,23-25H2,1-13H3/b28-19-,29-22+/t26-,27+,30?,31?,32?,34+,35-,36+,37-,38+/m1/s1. The minimum absolute atomic E-state index is 0.0172. The maximum absolute atomic E-state index is 14.4. The van der Waals surface area contributed by atoms with E-state index in [1.807, 2.05) is 0 Å². The number of ketones is 1. The molecule has 0 aromatic rings. The Bertz CT molecular complexity index is 1070. The van der Waals surface area contributed by atoms with Crippen molar-refractivity contribution in [2.75, 3.05) is 55.6 Å². The molecule has 10 atom stereocenters. The van der Waals surface area contributed by atoms with Crippen LogP contribution in [-0.2, 0) is 42.4 Å². The Balaban J connectivity index is 2.42. The second-order valence-electron chi connectivity index (χ2n) is 14.7. The van der Waals surface area contributed by atoms with Crippen molar-refractivity contribution in [3.63, 3.8) is 0 Å². The van der Waals surface area contributed by atoms with E-state index in [1.165, 1.54) is 12.0 Å². The number of rotatable bonds is 23. The van der Waals surface area contributed by atoms with Gasteiger partial charge in [0.1, 0.15) is 25.8 Å². The maximum atomic E-state index is 14.4. The summed E-state index contributed by atoms with van der Waals surface area (Å²) in [6.45, 7) is 18.3. The third kappa shape index (κ3) is 11.3. The van der Waals surface area contributed by atoms with Crippen molar-refractivity contribution in [2.45, 2.75) is 130 Å². The zero-order chi connectivity index (χ0) is 37.6. The van der Waals surface area contributed by atoms with Crippen LogP contribution in [0.25, 0.3) is 0 Å². The molecule has 1 aliphatic carbocycles. The first-order valence-electron chi connectivity index (χ1n) is 18.9. The molecule has 1 aliphatic heterocycles. The first-order chi connectivity index (χ1) is 23.8. The molecule has 0 N–H and O–H groups in total. The lowest BCUT2D eigenvalue weighted by Crippen LogP contribution is -2.55. The van der Waals surface area contributed by atoms with Crippen LogP contribution in [0.4, 0.5) is 0 Å². The van der Waals surface area contributed by atoms with Gasteiger partial charge in [-0.15, -0.1) is 0 Å². The van der Waals surface area contributed by atoms with Gasteiger partial charge in [0.25, 0.3) is 0 Å². The van der Waals surface area contributed by atoms with Crippen molar-refractivity contribution in [3.05, 3.63) is 23.3 Å². The van der Waals surface area contributed by atoms with Crippen LogP contribution >= 0.6 is 0 Å². The summed E-state index contributed by atoms with van der Waals surface area (Å²) in [6.07, 6.45) is 5.67. The summed E-state index contributed by atoms with van der Waals surface area (Å²) in [5.41, 5.74) is 2.39. The van der Waals surface area contributed by atoms with Gasteiger partial charge in [0, 0.05) is 53.9 Å². The molecule has 3 unspecified atom stereocenters. The predicted octanol–water partition coefficient (Wildman–Crippen LogP) is 7.03. The summed E-state index contributed by atoms with van der Waals surface area (Å²) < 4.78 is 41.7. The highest BCUT2D eigenvalue weighted by Crippen LogP contribution is 2.43. The second-order valence-corrected chi connectivity index (χ2v) is 19.5. The van der Waals surface area contributed by atoms with E-state index in [1.54, 1.807) is 40.4 Å². The summed E-state index contributed by atoms with van der Waals surface area (Å²) in [4.78, 5) is 29.7. The lowest BCUT2D eigenvalue weighted by atomic mass is 9.75. The lowest BCUT2D eigenvalue weighted by molar-refractivity contribution is -0.166. The monoisotopic (exact) mass is 725 g/mol. The molecule has 0 radical (unpaired) electrons. The van der Waals surface area contributed by atoms with E-state index in [0.717, 1.165) is 30.1 Å². The number of carbonyl (C=O) groups excluding carboxylic acids is 2. The molecule has 1 amide bonds. The van der Waals surface area contributed by atoms with Gasteiger partial charge in [-0.2, -0.15) is 0 Å². The Morgan fingerprint density at radius 2 is 1.40 bits per heavy atom. The molecule has 2 fully saturated rings. The Labute approximate surface area is 305 Å². The highest BCUT2D eigenvalue weighted by atomic mass is 28.4. The van der Waals surface area contributed by atoms with Crippen molar-refractivity contribution in [1.82, 2.24) is 4.90 Å². The third-order valence-corrected chi connectivity index (χ3v) is 16.0. The Morgan fingerprint density at radius 1 is 0.860 bits per heavy atom. The minimum Gasteiger partial charge on any atom is -0.407 e. The number of hydrogen-bond donors (Lipinski definition) is 0. The topological polar surface area (TPSA) is 102 Å². The zero-order valence-corrected chi connectivity index (χ0v) is 34.6. The van der Waals surface area contributed by atoms with Crippen LogP contribution in [0.15, 0.2) is 23.3 Å². The number of piperidine rings is 1. The van der Waals surface area contributed by atoms with Crippen LogP contribution in [0, 0.1) is 29.6 Å². The summed E-state index contributed by atoms with van der Waals surface area (Å²) in [5, 5.41) is 0. The number of Topliss-reactive ketones (excluding diaryl/α,β-unsaturated/α-hetero) is 1. The number of nitrogens with zero attached hydrogens (tertiary/aromatic N) is 1. The normalized spacial score (nSPS) is 28.7. The minimum atomic E-state index is -1.93. The lowest BCUT2D eigenvalue weighted by Gasteiger charge is -2.40. The van der Waals surface area contributed by atoms with Gasteiger partial charge in [-0.1, -0.05) is 60.1 Å². The van der Waals surface area contributed by atoms with Crippen LogP contribution in [0.1, 0.15) is 81.1 Å². The number of hydrogen-bond acceptors (Lipinski definition) is 9. The van der Waals surface area contributed by atoms with Crippen LogP contribution in [0.5, 0.6) is 0 Å². The quantitative estimate of drug-likeness (QED) is 0.0476. The number of carbonyl (C=O) groups is 2. The van der Waals surface area contributed by atoms with E-state index in [0.29, 0.717) is 24.7 Å². The molecule has 2 rings (SSSR count). The van der Waals surface area contributed by atoms with Crippen LogP contribution < -0.4 is 0 Å².